The summed E-state index contributed by atoms with van der Waals surface area (Å²) in [6.45, 7) is 6.06. The summed E-state index contributed by atoms with van der Waals surface area (Å²) in [5, 5.41) is 0.147. The molecule has 0 spiro atoms. The van der Waals surface area contributed by atoms with Crippen LogP contribution in [0.1, 0.15) is 37.1 Å². The van der Waals surface area contributed by atoms with Crippen molar-refractivity contribution in [3.63, 3.8) is 0 Å². The van der Waals surface area contributed by atoms with Crippen molar-refractivity contribution in [3.8, 4) is 0 Å². The molecule has 4 heteroatoms. The Morgan fingerprint density at radius 1 is 1.39 bits per heavy atom. The van der Waals surface area contributed by atoms with Gasteiger partial charge in [0, 0.05) is 0 Å². The highest BCUT2D eigenvalue weighted by Crippen LogP contribution is 2.27. The first-order valence-corrected chi connectivity index (χ1v) is 6.47. The Labute approximate surface area is 111 Å². The van der Waals surface area contributed by atoms with Crippen molar-refractivity contribution in [1.29, 1.82) is 0 Å². The van der Waals surface area contributed by atoms with E-state index < -0.39 is 0 Å². The van der Waals surface area contributed by atoms with Gasteiger partial charge in [-0.05, 0) is 30.9 Å². The number of benzene rings is 1. The van der Waals surface area contributed by atoms with Gasteiger partial charge in [-0.25, -0.2) is 9.78 Å². The molecule has 18 heavy (non-hydrogen) atoms. The first kappa shape index (κ1) is 13.1. The molecule has 0 aliphatic carbocycles. The van der Waals surface area contributed by atoms with E-state index in [9.17, 15) is 4.79 Å². The van der Waals surface area contributed by atoms with Gasteiger partial charge in [0.15, 0.2) is 0 Å². The molecule has 0 amide bonds. The van der Waals surface area contributed by atoms with E-state index in [2.05, 4.69) is 18.8 Å². The molecule has 1 atom stereocenters. The van der Waals surface area contributed by atoms with Crippen molar-refractivity contribution in [2.75, 3.05) is 0 Å². The number of nitrogens with zero attached hydrogens (tertiary/aromatic N) is 1. The van der Waals surface area contributed by atoms with Crippen LogP contribution in [-0.2, 0) is 0 Å². The van der Waals surface area contributed by atoms with E-state index in [1.54, 1.807) is 6.07 Å². The van der Waals surface area contributed by atoms with E-state index in [-0.39, 0.29) is 11.0 Å². The number of rotatable bonds is 3. The highest BCUT2D eigenvalue weighted by atomic mass is 35.5. The van der Waals surface area contributed by atoms with Crippen LogP contribution in [0.3, 0.4) is 0 Å². The lowest BCUT2D eigenvalue weighted by Gasteiger charge is -2.10. The van der Waals surface area contributed by atoms with Crippen molar-refractivity contribution in [2.24, 2.45) is 5.92 Å². The van der Waals surface area contributed by atoms with Crippen LogP contribution in [0.5, 0.6) is 0 Å². The molecular weight excluding hydrogens is 250 g/mol. The zero-order valence-corrected chi connectivity index (χ0v) is 11.5. The van der Waals surface area contributed by atoms with Crippen LogP contribution in [0, 0.1) is 12.8 Å². The number of aromatic nitrogens is 1. The molecule has 0 saturated carbocycles. The monoisotopic (exact) mass is 265 g/mol. The summed E-state index contributed by atoms with van der Waals surface area (Å²) < 4.78 is 5.21. The SMILES string of the molecule is Cc1cccc2c(=O)oc([C@@H](Cl)CC(C)C)nc12. The van der Waals surface area contributed by atoms with Crippen molar-refractivity contribution in [2.45, 2.75) is 32.6 Å². The zero-order valence-electron chi connectivity index (χ0n) is 10.7. The maximum absolute atomic E-state index is 11.9. The normalized spacial score (nSPS) is 13.2. The third-order valence-corrected chi connectivity index (χ3v) is 3.19. The highest BCUT2D eigenvalue weighted by molar-refractivity contribution is 6.20. The predicted molar refractivity (Wildman–Crippen MR) is 73.1 cm³/mol. The second-order valence-corrected chi connectivity index (χ2v) is 5.43. The molecule has 0 fully saturated rings. The van der Waals surface area contributed by atoms with Crippen LogP contribution in [0.4, 0.5) is 0 Å². The molecule has 1 aromatic heterocycles. The number of hydrogen-bond donors (Lipinski definition) is 0. The summed E-state index contributed by atoms with van der Waals surface area (Å²) in [7, 11) is 0. The fraction of sp³-hybridized carbons (Fsp3) is 0.429. The molecule has 96 valence electrons. The number of aryl methyl sites for hydroxylation is 1. The zero-order chi connectivity index (χ0) is 13.3. The average molecular weight is 266 g/mol. The molecule has 0 aliphatic heterocycles. The van der Waals surface area contributed by atoms with Gasteiger partial charge in [0.05, 0.1) is 10.9 Å². The first-order valence-electron chi connectivity index (χ1n) is 6.03. The van der Waals surface area contributed by atoms with Crippen LogP contribution in [0.2, 0.25) is 0 Å². The van der Waals surface area contributed by atoms with Crippen LogP contribution < -0.4 is 5.63 Å². The Morgan fingerprint density at radius 2 is 2.11 bits per heavy atom. The molecule has 2 aromatic rings. The number of halogens is 1. The first-order chi connectivity index (χ1) is 8.49. The maximum atomic E-state index is 11.9. The van der Waals surface area contributed by atoms with Gasteiger partial charge in [-0.3, -0.25) is 0 Å². The van der Waals surface area contributed by atoms with Crippen LogP contribution >= 0.6 is 11.6 Å². The lowest BCUT2D eigenvalue weighted by atomic mass is 10.1. The minimum atomic E-state index is -0.367. The smallest absolute Gasteiger partial charge is 0.346 e. The summed E-state index contributed by atoms with van der Waals surface area (Å²) in [4.78, 5) is 16.3. The van der Waals surface area contributed by atoms with Crippen molar-refractivity contribution < 1.29 is 4.42 Å². The Bertz CT molecular complexity index is 619. The molecule has 0 aliphatic rings. The Kier molecular flexibility index (Phi) is 3.71. The molecule has 0 unspecified atom stereocenters. The topological polar surface area (TPSA) is 43.1 Å². The third-order valence-electron chi connectivity index (χ3n) is 2.82. The van der Waals surface area contributed by atoms with Crippen molar-refractivity contribution in [1.82, 2.24) is 4.98 Å². The van der Waals surface area contributed by atoms with Crippen LogP contribution in [-0.4, -0.2) is 4.98 Å². The molecule has 0 radical (unpaired) electrons. The molecule has 1 aromatic carbocycles. The lowest BCUT2D eigenvalue weighted by molar-refractivity contribution is 0.415. The summed E-state index contributed by atoms with van der Waals surface area (Å²) >= 11 is 6.23. The van der Waals surface area contributed by atoms with Gasteiger partial charge in [0.1, 0.15) is 5.38 Å². The third kappa shape index (κ3) is 2.56. The standard InChI is InChI=1S/C14H16ClNO2/c1-8(2)7-11(15)13-16-12-9(3)5-4-6-10(12)14(17)18-13/h4-6,8,11H,7H2,1-3H3/t11-/m0/s1. The molecule has 0 saturated heterocycles. The quantitative estimate of drug-likeness (QED) is 0.793. The number of fused-ring (bicyclic) bond motifs is 1. The van der Waals surface area contributed by atoms with Crippen LogP contribution in [0.15, 0.2) is 27.4 Å². The van der Waals surface area contributed by atoms with Gasteiger partial charge < -0.3 is 4.42 Å². The van der Waals surface area contributed by atoms with E-state index in [1.165, 1.54) is 0 Å². The van der Waals surface area contributed by atoms with Gasteiger partial charge in [-0.2, -0.15) is 0 Å². The fourth-order valence-electron chi connectivity index (χ4n) is 1.90. The van der Waals surface area contributed by atoms with Gasteiger partial charge in [-0.15, -0.1) is 11.6 Å². The maximum Gasteiger partial charge on any atom is 0.346 e. The van der Waals surface area contributed by atoms with Gasteiger partial charge in [-0.1, -0.05) is 26.0 Å². The van der Waals surface area contributed by atoms with Crippen molar-refractivity contribution in [3.05, 3.63) is 40.1 Å². The summed E-state index contributed by atoms with van der Waals surface area (Å²) in [5.41, 5.74) is 1.27. The van der Waals surface area contributed by atoms with E-state index in [4.69, 9.17) is 16.0 Å². The van der Waals surface area contributed by atoms with Crippen LogP contribution in [0.25, 0.3) is 10.9 Å². The Balaban J connectivity index is 2.55. The van der Waals surface area contributed by atoms with Gasteiger partial charge in [0.2, 0.25) is 5.89 Å². The highest BCUT2D eigenvalue weighted by Gasteiger charge is 2.17. The summed E-state index contributed by atoms with van der Waals surface area (Å²) in [6.07, 6.45) is 0.731. The van der Waals surface area contributed by atoms with Gasteiger partial charge >= 0.3 is 5.63 Å². The number of para-hydroxylation sites is 1. The minimum Gasteiger partial charge on any atom is -0.406 e. The molecule has 0 N–H and O–H groups in total. The number of alkyl halides is 1. The summed E-state index contributed by atoms with van der Waals surface area (Å²) in [5.74, 6) is 0.740. The molecule has 2 rings (SSSR count). The Morgan fingerprint density at radius 3 is 2.78 bits per heavy atom. The molecule has 1 heterocycles. The molecular formula is C14H16ClNO2. The largest absolute Gasteiger partial charge is 0.406 e. The average Bonchev–Trinajstić information content (AvgIpc) is 2.29. The van der Waals surface area contributed by atoms with E-state index >= 15 is 0 Å². The van der Waals surface area contributed by atoms with Gasteiger partial charge in [0.25, 0.3) is 0 Å². The van der Waals surface area contributed by atoms with E-state index in [1.807, 2.05) is 19.1 Å². The number of hydrogen-bond acceptors (Lipinski definition) is 3. The second-order valence-electron chi connectivity index (χ2n) is 4.91. The Hall–Kier alpha value is -1.35. The molecule has 0 bridgehead atoms. The van der Waals surface area contributed by atoms with Crippen molar-refractivity contribution >= 4 is 22.5 Å². The lowest BCUT2D eigenvalue weighted by Crippen LogP contribution is -2.08. The molecule has 3 nitrogen and oxygen atoms in total. The van der Waals surface area contributed by atoms with E-state index in [0.29, 0.717) is 22.7 Å². The van der Waals surface area contributed by atoms with E-state index in [0.717, 1.165) is 12.0 Å². The fourth-order valence-corrected chi connectivity index (χ4v) is 2.35. The summed E-state index contributed by atoms with van der Waals surface area (Å²) in [6, 6.07) is 5.46. The predicted octanol–water partition coefficient (Wildman–Crippen LogP) is 3.82. The second kappa shape index (κ2) is 5.11. The minimum absolute atomic E-state index is 0.317.